The lowest BCUT2D eigenvalue weighted by atomic mass is 10.0. The van der Waals surface area contributed by atoms with E-state index in [1.54, 1.807) is 0 Å². The molecule has 0 aliphatic carbocycles. The van der Waals surface area contributed by atoms with Gasteiger partial charge in [-0.25, -0.2) is 9.59 Å². The summed E-state index contributed by atoms with van der Waals surface area (Å²) in [6, 6.07) is 6.52. The van der Waals surface area contributed by atoms with Crippen molar-refractivity contribution in [2.24, 2.45) is 0 Å². The highest BCUT2D eigenvalue weighted by molar-refractivity contribution is 6.27. The van der Waals surface area contributed by atoms with Gasteiger partial charge in [0, 0.05) is 19.6 Å². The summed E-state index contributed by atoms with van der Waals surface area (Å²) in [7, 11) is 0. The molecule has 0 radical (unpaired) electrons. The van der Waals surface area contributed by atoms with E-state index in [0.29, 0.717) is 5.92 Å². The first-order valence-electron chi connectivity index (χ1n) is 8.31. The van der Waals surface area contributed by atoms with Gasteiger partial charge in [-0.2, -0.15) is 0 Å². The molecule has 0 bridgehead atoms. The van der Waals surface area contributed by atoms with Gasteiger partial charge in [0.05, 0.1) is 13.2 Å². The van der Waals surface area contributed by atoms with E-state index < -0.39 is 11.9 Å². The molecule has 1 heterocycles. The minimum Gasteiger partial charge on any atom is -0.492 e. The third kappa shape index (κ3) is 8.00. The van der Waals surface area contributed by atoms with E-state index in [1.807, 2.05) is 0 Å². The topological polar surface area (TPSA) is 96.3 Å². The van der Waals surface area contributed by atoms with E-state index in [1.165, 1.54) is 11.1 Å². The van der Waals surface area contributed by atoms with Crippen LogP contribution in [-0.4, -0.2) is 66.5 Å². The molecule has 1 aromatic rings. The minimum atomic E-state index is -1.82. The number of carboxylic acids is 2. The van der Waals surface area contributed by atoms with E-state index in [0.717, 1.165) is 45.2 Å². The van der Waals surface area contributed by atoms with Crippen LogP contribution in [0.5, 0.6) is 5.75 Å². The minimum absolute atomic E-state index is 0.544. The number of aryl methyl sites for hydroxylation is 1. The van der Waals surface area contributed by atoms with Gasteiger partial charge in [-0.3, -0.25) is 4.90 Å². The summed E-state index contributed by atoms with van der Waals surface area (Å²) in [6.45, 7) is 12.0. The number of ether oxygens (including phenoxy) is 2. The van der Waals surface area contributed by atoms with Crippen LogP contribution in [0.4, 0.5) is 0 Å². The van der Waals surface area contributed by atoms with Crippen molar-refractivity contribution in [3.8, 4) is 5.75 Å². The van der Waals surface area contributed by atoms with Gasteiger partial charge in [-0.05, 0) is 30.0 Å². The van der Waals surface area contributed by atoms with Gasteiger partial charge in [0.25, 0.3) is 0 Å². The van der Waals surface area contributed by atoms with E-state index in [-0.39, 0.29) is 0 Å². The summed E-state index contributed by atoms with van der Waals surface area (Å²) in [4.78, 5) is 20.6. The summed E-state index contributed by atoms with van der Waals surface area (Å²) in [6.07, 6.45) is 0. The van der Waals surface area contributed by atoms with Crippen molar-refractivity contribution in [1.82, 2.24) is 4.90 Å². The highest BCUT2D eigenvalue weighted by Gasteiger charge is 2.10. The molecule has 0 unspecified atom stereocenters. The lowest BCUT2D eigenvalue weighted by Crippen LogP contribution is -2.38. The molecular formula is C18H27NO6. The van der Waals surface area contributed by atoms with E-state index in [4.69, 9.17) is 29.3 Å². The highest BCUT2D eigenvalue weighted by Crippen LogP contribution is 2.24. The molecule has 140 valence electrons. The van der Waals surface area contributed by atoms with Crippen molar-refractivity contribution in [1.29, 1.82) is 0 Å². The van der Waals surface area contributed by atoms with Crippen LogP contribution >= 0.6 is 0 Å². The zero-order chi connectivity index (χ0) is 18.8. The first kappa shape index (κ1) is 20.9. The molecule has 1 saturated heterocycles. The Morgan fingerprint density at radius 2 is 1.80 bits per heavy atom. The second-order valence-electron chi connectivity index (χ2n) is 6.09. The van der Waals surface area contributed by atoms with Gasteiger partial charge in [-0.1, -0.05) is 26.0 Å². The van der Waals surface area contributed by atoms with Crippen LogP contribution in [0.1, 0.15) is 30.9 Å². The molecule has 25 heavy (non-hydrogen) atoms. The first-order valence-corrected chi connectivity index (χ1v) is 8.31. The quantitative estimate of drug-likeness (QED) is 0.781. The van der Waals surface area contributed by atoms with Crippen molar-refractivity contribution in [3.05, 3.63) is 29.3 Å². The summed E-state index contributed by atoms with van der Waals surface area (Å²) >= 11 is 0. The van der Waals surface area contributed by atoms with Crippen molar-refractivity contribution in [2.75, 3.05) is 39.5 Å². The second kappa shape index (κ2) is 10.7. The summed E-state index contributed by atoms with van der Waals surface area (Å²) < 4.78 is 11.3. The highest BCUT2D eigenvalue weighted by atomic mass is 16.5. The van der Waals surface area contributed by atoms with Crippen molar-refractivity contribution >= 4 is 11.9 Å². The average Bonchev–Trinajstić information content (AvgIpc) is 2.57. The molecule has 1 aliphatic rings. The standard InChI is InChI=1S/C16H25NO2.C2H2O4/c1-13(2)15-5-4-14(3)16(12-15)19-11-8-17-6-9-18-10-7-17;3-1(4)2(5)6/h4-5,12-13H,6-11H2,1-3H3;(H,3,4)(H,5,6). The Morgan fingerprint density at radius 1 is 1.20 bits per heavy atom. The van der Waals surface area contributed by atoms with Gasteiger partial charge in [0.1, 0.15) is 12.4 Å². The van der Waals surface area contributed by atoms with E-state index in [9.17, 15) is 0 Å². The molecule has 2 rings (SSSR count). The Hall–Kier alpha value is -2.12. The smallest absolute Gasteiger partial charge is 0.414 e. The van der Waals surface area contributed by atoms with Crippen LogP contribution in [-0.2, 0) is 14.3 Å². The largest absolute Gasteiger partial charge is 0.492 e. The predicted octanol–water partition coefficient (Wildman–Crippen LogP) is 1.99. The fourth-order valence-electron chi connectivity index (χ4n) is 2.24. The number of carboxylic acid groups (broad SMARTS) is 2. The van der Waals surface area contributed by atoms with Crippen LogP contribution in [0.25, 0.3) is 0 Å². The van der Waals surface area contributed by atoms with Crippen LogP contribution in [0.2, 0.25) is 0 Å². The number of hydrogen-bond donors (Lipinski definition) is 2. The third-order valence-corrected chi connectivity index (χ3v) is 3.83. The monoisotopic (exact) mass is 353 g/mol. The van der Waals surface area contributed by atoms with Crippen molar-refractivity contribution in [3.63, 3.8) is 0 Å². The zero-order valence-corrected chi connectivity index (χ0v) is 15.0. The van der Waals surface area contributed by atoms with Gasteiger partial charge in [-0.15, -0.1) is 0 Å². The predicted molar refractivity (Wildman–Crippen MR) is 93.3 cm³/mol. The Morgan fingerprint density at radius 3 is 2.32 bits per heavy atom. The summed E-state index contributed by atoms with van der Waals surface area (Å²) in [5.41, 5.74) is 2.55. The van der Waals surface area contributed by atoms with Gasteiger partial charge >= 0.3 is 11.9 Å². The average molecular weight is 353 g/mol. The van der Waals surface area contributed by atoms with Crippen molar-refractivity contribution in [2.45, 2.75) is 26.7 Å². The lowest BCUT2D eigenvalue weighted by molar-refractivity contribution is -0.159. The fraction of sp³-hybridized carbons (Fsp3) is 0.556. The maximum Gasteiger partial charge on any atom is 0.414 e. The van der Waals surface area contributed by atoms with Crippen LogP contribution < -0.4 is 4.74 Å². The maximum atomic E-state index is 9.10. The molecular weight excluding hydrogens is 326 g/mol. The summed E-state index contributed by atoms with van der Waals surface area (Å²) in [5, 5.41) is 14.8. The molecule has 0 aromatic heterocycles. The van der Waals surface area contributed by atoms with Gasteiger partial charge in [0.2, 0.25) is 0 Å². The number of aliphatic carboxylic acids is 2. The molecule has 2 N–H and O–H groups in total. The molecule has 0 atom stereocenters. The lowest BCUT2D eigenvalue weighted by Gasteiger charge is -2.26. The number of carbonyl (C=O) groups is 2. The normalized spacial score (nSPS) is 14.6. The number of benzene rings is 1. The van der Waals surface area contributed by atoms with Crippen LogP contribution in [0.15, 0.2) is 18.2 Å². The maximum absolute atomic E-state index is 9.10. The molecule has 0 amide bonds. The summed E-state index contributed by atoms with van der Waals surface area (Å²) in [5.74, 6) is -2.08. The molecule has 1 aromatic carbocycles. The van der Waals surface area contributed by atoms with E-state index >= 15 is 0 Å². The Labute approximate surface area is 148 Å². The third-order valence-electron chi connectivity index (χ3n) is 3.83. The Kier molecular flexibility index (Phi) is 8.94. The number of hydrogen-bond acceptors (Lipinski definition) is 5. The fourth-order valence-corrected chi connectivity index (χ4v) is 2.24. The molecule has 0 saturated carbocycles. The van der Waals surface area contributed by atoms with Gasteiger partial charge < -0.3 is 19.7 Å². The molecule has 0 spiro atoms. The zero-order valence-electron chi connectivity index (χ0n) is 15.0. The first-order chi connectivity index (χ1) is 11.8. The molecule has 1 fully saturated rings. The van der Waals surface area contributed by atoms with Gasteiger partial charge in [0.15, 0.2) is 0 Å². The van der Waals surface area contributed by atoms with Crippen LogP contribution in [0.3, 0.4) is 0 Å². The Balaban J connectivity index is 0.000000450. The molecule has 7 nitrogen and oxygen atoms in total. The molecule has 1 aliphatic heterocycles. The Bertz CT molecular complexity index is 555. The van der Waals surface area contributed by atoms with Crippen molar-refractivity contribution < 1.29 is 29.3 Å². The second-order valence-corrected chi connectivity index (χ2v) is 6.09. The number of rotatable bonds is 5. The van der Waals surface area contributed by atoms with Crippen LogP contribution in [0, 0.1) is 6.92 Å². The van der Waals surface area contributed by atoms with E-state index in [2.05, 4.69) is 43.9 Å². The SMILES string of the molecule is Cc1ccc(C(C)C)cc1OCCN1CCOCC1.O=C(O)C(=O)O. The molecule has 7 heteroatoms. The number of morpholine rings is 1. The number of nitrogens with zero attached hydrogens (tertiary/aromatic N) is 1.